The molecule has 17 heavy (non-hydrogen) atoms. The van der Waals surface area contributed by atoms with Gasteiger partial charge in [-0.15, -0.1) is 0 Å². The predicted molar refractivity (Wildman–Crippen MR) is 69.4 cm³/mol. The molecule has 0 aromatic rings. The Morgan fingerprint density at radius 3 is 2.71 bits per heavy atom. The summed E-state index contributed by atoms with van der Waals surface area (Å²) in [7, 11) is 0. The Hall–Kier alpha value is -0.430. The van der Waals surface area contributed by atoms with E-state index in [1.54, 1.807) is 13.8 Å². The Morgan fingerprint density at radius 2 is 2.12 bits per heavy atom. The quantitative estimate of drug-likeness (QED) is 0.267. The number of hydrogen-bond donors (Lipinski definition) is 2. The lowest BCUT2D eigenvalue weighted by Gasteiger charge is -2.17. The number of carbonyl (C=O) groups is 2. The molecule has 0 unspecified atom stereocenters. The third-order valence-electron chi connectivity index (χ3n) is 1.99. The van der Waals surface area contributed by atoms with Crippen LogP contribution in [0.25, 0.3) is 0 Å². The molecular formula is C11H22N2O3S. The molecule has 3 N–H and O–H groups in total. The van der Waals surface area contributed by atoms with Gasteiger partial charge in [-0.25, -0.2) is 0 Å². The number of hydrogen-bond acceptors (Lipinski definition) is 6. The van der Waals surface area contributed by atoms with Crippen LogP contribution in [0.2, 0.25) is 0 Å². The first kappa shape index (κ1) is 16.6. The second-order valence-electron chi connectivity index (χ2n) is 4.32. The van der Waals surface area contributed by atoms with Gasteiger partial charge in [-0.05, 0) is 33.2 Å². The van der Waals surface area contributed by atoms with Gasteiger partial charge in [0.15, 0.2) is 5.12 Å². The molecule has 0 spiro atoms. The molecule has 0 aliphatic rings. The Kier molecular flexibility index (Phi) is 9.34. The van der Waals surface area contributed by atoms with Crippen LogP contribution in [-0.4, -0.2) is 29.4 Å². The highest BCUT2D eigenvalue weighted by Gasteiger charge is 2.15. The van der Waals surface area contributed by atoms with Crippen molar-refractivity contribution < 1.29 is 14.4 Å². The van der Waals surface area contributed by atoms with Crippen LogP contribution in [-0.2, 0) is 14.4 Å². The number of nitrogens with one attached hydrogen (secondary N) is 1. The molecule has 0 heterocycles. The van der Waals surface area contributed by atoms with E-state index in [4.69, 9.17) is 10.6 Å². The smallest absolute Gasteiger partial charge is 0.191 e. The first-order valence-corrected chi connectivity index (χ1v) is 6.71. The van der Waals surface area contributed by atoms with E-state index in [-0.39, 0.29) is 11.1 Å². The van der Waals surface area contributed by atoms with Crippen molar-refractivity contribution in [2.45, 2.75) is 45.1 Å². The highest BCUT2D eigenvalue weighted by molar-refractivity contribution is 8.13. The summed E-state index contributed by atoms with van der Waals surface area (Å²) in [6.07, 6.45) is 4.12. The lowest BCUT2D eigenvalue weighted by Crippen LogP contribution is -2.40. The molecule has 0 amide bonds. The van der Waals surface area contributed by atoms with Crippen molar-refractivity contribution in [1.29, 1.82) is 0 Å². The SMILES string of the molecule is CC(C)(C=O)NOCSC(=O)CCCCCN. The van der Waals surface area contributed by atoms with Gasteiger partial charge in [0, 0.05) is 6.42 Å². The molecule has 0 aliphatic carbocycles. The molecule has 100 valence electrons. The second-order valence-corrected chi connectivity index (χ2v) is 5.30. The van der Waals surface area contributed by atoms with E-state index in [0.29, 0.717) is 13.0 Å². The Morgan fingerprint density at radius 1 is 1.41 bits per heavy atom. The van der Waals surface area contributed by atoms with E-state index in [2.05, 4.69) is 5.48 Å². The average molecular weight is 262 g/mol. The Labute approximate surface area is 107 Å². The van der Waals surface area contributed by atoms with Crippen molar-refractivity contribution in [2.24, 2.45) is 5.73 Å². The largest absolute Gasteiger partial charge is 0.330 e. The fraction of sp³-hybridized carbons (Fsp3) is 0.818. The number of hydroxylamine groups is 1. The first-order valence-electron chi connectivity index (χ1n) is 5.73. The molecule has 0 rings (SSSR count). The summed E-state index contributed by atoms with van der Waals surface area (Å²) in [5.41, 5.74) is 7.22. The van der Waals surface area contributed by atoms with Crippen LogP contribution in [0.4, 0.5) is 0 Å². The van der Waals surface area contributed by atoms with E-state index >= 15 is 0 Å². The van der Waals surface area contributed by atoms with Crippen molar-refractivity contribution in [3.05, 3.63) is 0 Å². The molecule has 0 aliphatic heterocycles. The summed E-state index contributed by atoms with van der Waals surface area (Å²) in [4.78, 5) is 26.9. The summed E-state index contributed by atoms with van der Waals surface area (Å²) in [6, 6.07) is 0. The molecule has 0 atom stereocenters. The van der Waals surface area contributed by atoms with Crippen molar-refractivity contribution in [2.75, 3.05) is 12.5 Å². The topological polar surface area (TPSA) is 81.4 Å². The first-order chi connectivity index (χ1) is 8.02. The maximum absolute atomic E-state index is 11.4. The summed E-state index contributed by atoms with van der Waals surface area (Å²) >= 11 is 1.11. The van der Waals surface area contributed by atoms with E-state index in [1.165, 1.54) is 0 Å². The molecule has 0 aromatic heterocycles. The van der Waals surface area contributed by atoms with Gasteiger partial charge in [0.25, 0.3) is 0 Å². The monoisotopic (exact) mass is 262 g/mol. The molecule has 0 radical (unpaired) electrons. The number of nitrogens with two attached hydrogens (primary N) is 1. The van der Waals surface area contributed by atoms with Crippen LogP contribution in [0.15, 0.2) is 0 Å². The lowest BCUT2D eigenvalue weighted by atomic mass is 10.1. The minimum Gasteiger partial charge on any atom is -0.330 e. The van der Waals surface area contributed by atoms with E-state index in [0.717, 1.165) is 37.3 Å². The molecular weight excluding hydrogens is 240 g/mol. The van der Waals surface area contributed by atoms with Crippen LogP contribution in [0, 0.1) is 0 Å². The second kappa shape index (κ2) is 9.58. The van der Waals surface area contributed by atoms with Gasteiger partial charge < -0.3 is 10.5 Å². The molecule has 5 nitrogen and oxygen atoms in total. The van der Waals surface area contributed by atoms with E-state index < -0.39 is 5.54 Å². The standard InChI is InChI=1S/C11H22N2O3S/c1-11(2,8-14)13-16-9-17-10(15)6-4-3-5-7-12/h8,13H,3-7,9,12H2,1-2H3. The van der Waals surface area contributed by atoms with Gasteiger partial charge in [-0.1, -0.05) is 18.2 Å². The predicted octanol–water partition coefficient (Wildman–Crippen LogP) is 1.22. The molecule has 6 heteroatoms. The van der Waals surface area contributed by atoms with Gasteiger partial charge in [0.2, 0.25) is 0 Å². The van der Waals surface area contributed by atoms with Crippen LogP contribution in [0.3, 0.4) is 0 Å². The zero-order chi connectivity index (χ0) is 13.1. The third kappa shape index (κ3) is 10.4. The average Bonchev–Trinajstić information content (AvgIpc) is 2.30. The van der Waals surface area contributed by atoms with Gasteiger partial charge in [-0.2, -0.15) is 5.48 Å². The number of carbonyl (C=O) groups excluding carboxylic acids is 2. The summed E-state index contributed by atoms with van der Waals surface area (Å²) in [5.74, 6) is 0.215. The van der Waals surface area contributed by atoms with Crippen molar-refractivity contribution in [3.8, 4) is 0 Å². The van der Waals surface area contributed by atoms with E-state index in [9.17, 15) is 9.59 Å². The summed E-state index contributed by atoms with van der Waals surface area (Å²) in [5, 5.41) is 0.104. The minimum atomic E-state index is -0.718. The van der Waals surface area contributed by atoms with Crippen LogP contribution in [0.1, 0.15) is 39.5 Å². The zero-order valence-corrected chi connectivity index (χ0v) is 11.3. The van der Waals surface area contributed by atoms with Crippen LogP contribution < -0.4 is 11.2 Å². The normalized spacial score (nSPS) is 11.5. The Balaban J connectivity index is 3.42. The number of thioether (sulfide) groups is 1. The van der Waals surface area contributed by atoms with Gasteiger partial charge in [0.05, 0.1) is 5.54 Å². The number of aldehydes is 1. The summed E-state index contributed by atoms with van der Waals surface area (Å²) in [6.45, 7) is 4.06. The van der Waals surface area contributed by atoms with Gasteiger partial charge >= 0.3 is 0 Å². The zero-order valence-electron chi connectivity index (χ0n) is 10.5. The van der Waals surface area contributed by atoms with Crippen LogP contribution >= 0.6 is 11.8 Å². The highest BCUT2D eigenvalue weighted by Crippen LogP contribution is 2.10. The fourth-order valence-electron chi connectivity index (χ4n) is 0.997. The van der Waals surface area contributed by atoms with Gasteiger partial charge in [0.1, 0.15) is 12.2 Å². The van der Waals surface area contributed by atoms with Gasteiger partial charge in [-0.3, -0.25) is 9.63 Å². The molecule has 0 aromatic carbocycles. The Bertz CT molecular complexity index is 235. The molecule has 0 saturated heterocycles. The third-order valence-corrected chi connectivity index (χ3v) is 2.76. The van der Waals surface area contributed by atoms with Crippen molar-refractivity contribution >= 4 is 23.2 Å². The minimum absolute atomic E-state index is 0.104. The lowest BCUT2D eigenvalue weighted by molar-refractivity contribution is -0.117. The van der Waals surface area contributed by atoms with E-state index in [1.807, 2.05) is 0 Å². The molecule has 0 saturated carbocycles. The maximum atomic E-state index is 11.4. The van der Waals surface area contributed by atoms with Crippen molar-refractivity contribution in [3.63, 3.8) is 0 Å². The fourth-order valence-corrected chi connectivity index (χ4v) is 1.54. The maximum Gasteiger partial charge on any atom is 0.191 e. The van der Waals surface area contributed by atoms with Crippen LogP contribution in [0.5, 0.6) is 0 Å². The number of rotatable bonds is 10. The molecule has 0 fully saturated rings. The highest BCUT2D eigenvalue weighted by atomic mass is 32.2. The van der Waals surface area contributed by atoms with Crippen molar-refractivity contribution in [1.82, 2.24) is 5.48 Å². The molecule has 0 bridgehead atoms. The summed E-state index contributed by atoms with van der Waals surface area (Å²) < 4.78 is 0. The number of unbranched alkanes of at least 4 members (excludes halogenated alkanes) is 2.